The molecule has 0 aliphatic rings. The van der Waals surface area contributed by atoms with Crippen LogP contribution in [0.4, 0.5) is 0 Å². The molecule has 2 aromatic rings. The zero-order valence-corrected chi connectivity index (χ0v) is 17.4. The molecular weight excluding hydrogens is 352 g/mol. The lowest BCUT2D eigenvalue weighted by Gasteiger charge is -2.25. The molecule has 0 saturated carbocycles. The number of carbonyl (C=O) groups is 1. The van der Waals surface area contributed by atoms with Crippen molar-refractivity contribution in [3.05, 3.63) is 54.1 Å². The van der Waals surface area contributed by atoms with Gasteiger partial charge < -0.3 is 19.7 Å². The molecule has 0 bridgehead atoms. The number of nitrogens with zero attached hydrogens (tertiary/aromatic N) is 5. The number of aromatic nitrogens is 2. The van der Waals surface area contributed by atoms with E-state index in [2.05, 4.69) is 27.0 Å². The summed E-state index contributed by atoms with van der Waals surface area (Å²) in [4.78, 5) is 25.2. The molecule has 2 rings (SSSR count). The predicted octanol–water partition coefficient (Wildman–Crippen LogP) is 2.20. The van der Waals surface area contributed by atoms with Gasteiger partial charge in [-0.15, -0.1) is 0 Å². The highest BCUT2D eigenvalue weighted by Crippen LogP contribution is 2.07. The SMILES string of the molecule is CCNC(=NCc1nccn1Cc1ccccc1)N(C)CC(=O)N(CC)CC. The molecule has 7 heteroatoms. The Bertz CT molecular complexity index is 751. The van der Waals surface area contributed by atoms with Gasteiger partial charge in [-0.25, -0.2) is 9.98 Å². The van der Waals surface area contributed by atoms with Crippen LogP contribution in [0.15, 0.2) is 47.7 Å². The smallest absolute Gasteiger partial charge is 0.242 e. The van der Waals surface area contributed by atoms with Gasteiger partial charge in [0, 0.05) is 45.6 Å². The minimum Gasteiger partial charge on any atom is -0.357 e. The van der Waals surface area contributed by atoms with Crippen molar-refractivity contribution in [1.82, 2.24) is 24.7 Å². The van der Waals surface area contributed by atoms with Gasteiger partial charge >= 0.3 is 0 Å². The van der Waals surface area contributed by atoms with E-state index in [9.17, 15) is 4.79 Å². The van der Waals surface area contributed by atoms with Crippen molar-refractivity contribution in [2.75, 3.05) is 33.2 Å². The van der Waals surface area contributed by atoms with Crippen LogP contribution in [0.2, 0.25) is 0 Å². The molecule has 0 aliphatic heterocycles. The monoisotopic (exact) mass is 384 g/mol. The van der Waals surface area contributed by atoms with Crippen LogP contribution in [0, 0.1) is 0 Å². The summed E-state index contributed by atoms with van der Waals surface area (Å²) in [5, 5.41) is 3.26. The first-order chi connectivity index (χ1) is 13.6. The summed E-state index contributed by atoms with van der Waals surface area (Å²) in [6.45, 7) is 9.69. The maximum absolute atomic E-state index is 12.4. The fourth-order valence-corrected chi connectivity index (χ4v) is 2.99. The van der Waals surface area contributed by atoms with Crippen LogP contribution < -0.4 is 5.32 Å². The van der Waals surface area contributed by atoms with Gasteiger partial charge in [0.05, 0.1) is 6.54 Å². The number of rotatable bonds is 9. The molecule has 1 amide bonds. The van der Waals surface area contributed by atoms with Gasteiger partial charge in [0.25, 0.3) is 0 Å². The van der Waals surface area contributed by atoms with Crippen molar-refractivity contribution in [1.29, 1.82) is 0 Å². The van der Waals surface area contributed by atoms with E-state index >= 15 is 0 Å². The Morgan fingerprint density at radius 1 is 1.18 bits per heavy atom. The average Bonchev–Trinajstić information content (AvgIpc) is 3.13. The Morgan fingerprint density at radius 2 is 1.89 bits per heavy atom. The normalized spacial score (nSPS) is 11.4. The van der Waals surface area contributed by atoms with Gasteiger partial charge in [-0.3, -0.25) is 4.79 Å². The van der Waals surface area contributed by atoms with Crippen molar-refractivity contribution < 1.29 is 4.79 Å². The van der Waals surface area contributed by atoms with Crippen molar-refractivity contribution in [2.24, 2.45) is 4.99 Å². The van der Waals surface area contributed by atoms with Gasteiger partial charge in [0.2, 0.25) is 5.91 Å². The number of carbonyl (C=O) groups excluding carboxylic acids is 1. The predicted molar refractivity (Wildman–Crippen MR) is 113 cm³/mol. The second-order valence-electron chi connectivity index (χ2n) is 6.55. The quantitative estimate of drug-likeness (QED) is 0.532. The van der Waals surface area contributed by atoms with E-state index in [-0.39, 0.29) is 5.91 Å². The molecule has 1 aromatic carbocycles. The third-order valence-electron chi connectivity index (χ3n) is 4.55. The summed E-state index contributed by atoms with van der Waals surface area (Å²) in [7, 11) is 1.89. The third kappa shape index (κ3) is 6.11. The number of aliphatic imine (C=N–C) groups is 1. The van der Waals surface area contributed by atoms with E-state index in [0.29, 0.717) is 32.1 Å². The summed E-state index contributed by atoms with van der Waals surface area (Å²) in [5.41, 5.74) is 1.22. The molecule has 1 heterocycles. The van der Waals surface area contributed by atoms with Crippen molar-refractivity contribution in [3.8, 4) is 0 Å². The fourth-order valence-electron chi connectivity index (χ4n) is 2.99. The highest BCUT2D eigenvalue weighted by molar-refractivity contribution is 5.86. The van der Waals surface area contributed by atoms with Gasteiger partial charge in [-0.2, -0.15) is 0 Å². The van der Waals surface area contributed by atoms with E-state index < -0.39 is 0 Å². The van der Waals surface area contributed by atoms with Crippen LogP contribution in [0.25, 0.3) is 0 Å². The summed E-state index contributed by atoms with van der Waals surface area (Å²) in [6.07, 6.45) is 3.77. The Labute approximate surface area is 168 Å². The van der Waals surface area contributed by atoms with Gasteiger partial charge in [-0.1, -0.05) is 30.3 Å². The maximum Gasteiger partial charge on any atom is 0.242 e. The molecule has 1 aromatic heterocycles. The first-order valence-corrected chi connectivity index (χ1v) is 9.90. The maximum atomic E-state index is 12.4. The van der Waals surface area contributed by atoms with Gasteiger partial charge in [0.15, 0.2) is 5.96 Å². The zero-order chi connectivity index (χ0) is 20.4. The molecule has 0 saturated heterocycles. The fraction of sp³-hybridized carbons (Fsp3) is 0.476. The van der Waals surface area contributed by atoms with Crippen LogP contribution >= 0.6 is 0 Å². The molecule has 0 aliphatic carbocycles. The molecule has 1 N–H and O–H groups in total. The van der Waals surface area contributed by atoms with Crippen molar-refractivity contribution in [2.45, 2.75) is 33.9 Å². The molecule has 28 heavy (non-hydrogen) atoms. The van der Waals surface area contributed by atoms with E-state index in [1.165, 1.54) is 5.56 Å². The van der Waals surface area contributed by atoms with E-state index in [1.54, 1.807) is 6.20 Å². The lowest BCUT2D eigenvalue weighted by molar-refractivity contribution is -0.131. The summed E-state index contributed by atoms with van der Waals surface area (Å²) >= 11 is 0. The Morgan fingerprint density at radius 3 is 2.54 bits per heavy atom. The standard InChI is InChI=1S/C21H32N6O/c1-5-22-21(25(4)17-20(28)26(6-2)7-3)24-15-19-23-13-14-27(19)16-18-11-9-8-10-12-18/h8-14H,5-7,15-17H2,1-4H3,(H,22,24). The third-order valence-corrected chi connectivity index (χ3v) is 4.55. The molecule has 0 spiro atoms. The first kappa shape index (κ1) is 21.5. The highest BCUT2D eigenvalue weighted by atomic mass is 16.2. The van der Waals surface area contributed by atoms with E-state index in [4.69, 9.17) is 4.99 Å². The lowest BCUT2D eigenvalue weighted by atomic mass is 10.2. The average molecular weight is 385 g/mol. The number of guanidine groups is 1. The summed E-state index contributed by atoms with van der Waals surface area (Å²) in [5.74, 6) is 1.70. The lowest BCUT2D eigenvalue weighted by Crippen LogP contribution is -2.45. The van der Waals surface area contributed by atoms with Crippen LogP contribution in [0.3, 0.4) is 0 Å². The molecule has 0 fully saturated rings. The minimum absolute atomic E-state index is 0.101. The largest absolute Gasteiger partial charge is 0.357 e. The van der Waals surface area contributed by atoms with Crippen LogP contribution in [-0.2, 0) is 17.9 Å². The van der Waals surface area contributed by atoms with Gasteiger partial charge in [-0.05, 0) is 26.3 Å². The van der Waals surface area contributed by atoms with Gasteiger partial charge in [0.1, 0.15) is 12.4 Å². The van der Waals surface area contributed by atoms with E-state index in [1.807, 2.05) is 62.0 Å². The van der Waals surface area contributed by atoms with Crippen LogP contribution in [0.5, 0.6) is 0 Å². The topological polar surface area (TPSA) is 65.8 Å². The Hall–Kier alpha value is -2.83. The molecule has 0 radical (unpaired) electrons. The molecular formula is C21H32N6O. The number of amides is 1. The number of nitrogens with one attached hydrogen (secondary N) is 1. The number of benzene rings is 1. The molecule has 0 atom stereocenters. The number of hydrogen-bond acceptors (Lipinski definition) is 3. The second-order valence-corrected chi connectivity index (χ2v) is 6.55. The number of imidazole rings is 1. The van der Waals surface area contributed by atoms with Crippen molar-refractivity contribution in [3.63, 3.8) is 0 Å². The Kier molecular flexibility index (Phi) is 8.52. The highest BCUT2D eigenvalue weighted by Gasteiger charge is 2.15. The molecule has 152 valence electrons. The van der Waals surface area contributed by atoms with E-state index in [0.717, 1.165) is 18.9 Å². The molecule has 0 unspecified atom stereocenters. The van der Waals surface area contributed by atoms with Crippen molar-refractivity contribution >= 4 is 11.9 Å². The minimum atomic E-state index is 0.101. The number of likely N-dealkylation sites (N-methyl/N-ethyl adjacent to an activating group) is 2. The second kappa shape index (κ2) is 11.1. The summed E-state index contributed by atoms with van der Waals surface area (Å²) in [6, 6.07) is 10.3. The zero-order valence-electron chi connectivity index (χ0n) is 17.4. The van der Waals surface area contributed by atoms with Crippen LogP contribution in [0.1, 0.15) is 32.2 Å². The summed E-state index contributed by atoms with van der Waals surface area (Å²) < 4.78 is 2.10. The first-order valence-electron chi connectivity index (χ1n) is 9.90. The molecule has 7 nitrogen and oxygen atoms in total. The van der Waals surface area contributed by atoms with Crippen LogP contribution in [-0.4, -0.2) is 64.4 Å². The Balaban J connectivity index is 2.06. The number of hydrogen-bond donors (Lipinski definition) is 1.